The van der Waals surface area contributed by atoms with Gasteiger partial charge in [0.2, 0.25) is 0 Å². The molecule has 0 atom stereocenters. The molecule has 0 aliphatic carbocycles. The normalized spacial score (nSPS) is 10.3. The molecule has 0 aromatic heterocycles. The second-order valence-corrected chi connectivity index (χ2v) is 4.88. The number of carbonyl (C=O) groups is 1. The van der Waals surface area contributed by atoms with Crippen LogP contribution in [0.25, 0.3) is 0 Å². The SMILES string of the molecule is Cc1ccc(NC(=O)c2c(C)cccc2N)c(Cl)c1. The van der Waals surface area contributed by atoms with Gasteiger partial charge in [0.15, 0.2) is 0 Å². The van der Waals surface area contributed by atoms with Crippen LogP contribution in [0.15, 0.2) is 36.4 Å². The maximum atomic E-state index is 12.2. The maximum absolute atomic E-state index is 12.2. The molecule has 0 unspecified atom stereocenters. The van der Waals surface area contributed by atoms with Crippen LogP contribution in [0.5, 0.6) is 0 Å². The van der Waals surface area contributed by atoms with E-state index >= 15 is 0 Å². The van der Waals surface area contributed by atoms with Crippen LogP contribution in [0.2, 0.25) is 5.02 Å². The van der Waals surface area contributed by atoms with E-state index < -0.39 is 0 Å². The average molecular weight is 275 g/mol. The summed E-state index contributed by atoms with van der Waals surface area (Å²) in [5, 5.41) is 3.30. The Morgan fingerprint density at radius 3 is 2.58 bits per heavy atom. The predicted molar refractivity (Wildman–Crippen MR) is 79.7 cm³/mol. The number of nitrogen functional groups attached to an aromatic ring is 1. The fraction of sp³-hybridized carbons (Fsp3) is 0.133. The lowest BCUT2D eigenvalue weighted by atomic mass is 10.1. The molecule has 3 N–H and O–H groups in total. The van der Waals surface area contributed by atoms with Crippen LogP contribution in [-0.2, 0) is 0 Å². The fourth-order valence-corrected chi connectivity index (χ4v) is 2.19. The van der Waals surface area contributed by atoms with Crippen molar-refractivity contribution >= 4 is 28.9 Å². The molecule has 1 amide bonds. The number of hydrogen-bond acceptors (Lipinski definition) is 2. The highest BCUT2D eigenvalue weighted by Gasteiger charge is 2.13. The summed E-state index contributed by atoms with van der Waals surface area (Å²) in [6.45, 7) is 3.79. The van der Waals surface area contributed by atoms with Crippen molar-refractivity contribution in [2.24, 2.45) is 0 Å². The van der Waals surface area contributed by atoms with Gasteiger partial charge in [-0.2, -0.15) is 0 Å². The van der Waals surface area contributed by atoms with Gasteiger partial charge in [-0.3, -0.25) is 4.79 Å². The van der Waals surface area contributed by atoms with Crippen LogP contribution >= 0.6 is 11.6 Å². The molecule has 98 valence electrons. The Labute approximate surface area is 117 Å². The monoisotopic (exact) mass is 274 g/mol. The molecule has 19 heavy (non-hydrogen) atoms. The number of amides is 1. The molecule has 0 saturated heterocycles. The first-order valence-corrected chi connectivity index (χ1v) is 6.29. The lowest BCUT2D eigenvalue weighted by Gasteiger charge is -2.11. The van der Waals surface area contributed by atoms with Crippen LogP contribution in [0, 0.1) is 13.8 Å². The molecule has 2 rings (SSSR count). The van der Waals surface area contributed by atoms with E-state index in [4.69, 9.17) is 17.3 Å². The van der Waals surface area contributed by atoms with Gasteiger partial charge in [0, 0.05) is 5.69 Å². The van der Waals surface area contributed by atoms with Crippen molar-refractivity contribution in [3.63, 3.8) is 0 Å². The van der Waals surface area contributed by atoms with Gasteiger partial charge in [0.1, 0.15) is 0 Å². The maximum Gasteiger partial charge on any atom is 0.258 e. The zero-order valence-corrected chi connectivity index (χ0v) is 11.6. The van der Waals surface area contributed by atoms with Crippen LogP contribution in [0.3, 0.4) is 0 Å². The summed E-state index contributed by atoms with van der Waals surface area (Å²) >= 11 is 6.09. The van der Waals surface area contributed by atoms with Gasteiger partial charge in [0.25, 0.3) is 5.91 Å². The zero-order chi connectivity index (χ0) is 14.0. The Balaban J connectivity index is 2.31. The van der Waals surface area contributed by atoms with E-state index in [1.807, 2.05) is 32.0 Å². The number of nitrogens with one attached hydrogen (secondary N) is 1. The minimum Gasteiger partial charge on any atom is -0.398 e. The number of aryl methyl sites for hydroxylation is 2. The van der Waals surface area contributed by atoms with Crippen molar-refractivity contribution in [1.29, 1.82) is 0 Å². The van der Waals surface area contributed by atoms with E-state index in [1.165, 1.54) is 0 Å². The zero-order valence-electron chi connectivity index (χ0n) is 10.8. The summed E-state index contributed by atoms with van der Waals surface area (Å²) in [5.74, 6) is -0.249. The summed E-state index contributed by atoms with van der Waals surface area (Å²) in [6, 6.07) is 10.9. The second-order valence-electron chi connectivity index (χ2n) is 4.48. The molecule has 0 heterocycles. The average Bonchev–Trinajstić information content (AvgIpc) is 2.32. The highest BCUT2D eigenvalue weighted by molar-refractivity contribution is 6.34. The minimum absolute atomic E-state index is 0.249. The molecule has 2 aromatic carbocycles. The van der Waals surface area contributed by atoms with Crippen LogP contribution in [0.1, 0.15) is 21.5 Å². The quantitative estimate of drug-likeness (QED) is 0.819. The Morgan fingerprint density at radius 1 is 1.21 bits per heavy atom. The predicted octanol–water partition coefficient (Wildman–Crippen LogP) is 3.79. The first-order chi connectivity index (χ1) is 8.99. The minimum atomic E-state index is -0.249. The number of benzene rings is 2. The molecule has 0 spiro atoms. The van der Waals surface area contributed by atoms with Gasteiger partial charge in [-0.15, -0.1) is 0 Å². The Kier molecular flexibility index (Phi) is 3.76. The van der Waals surface area contributed by atoms with Crippen molar-refractivity contribution in [2.45, 2.75) is 13.8 Å². The number of nitrogens with two attached hydrogens (primary N) is 1. The summed E-state index contributed by atoms with van der Waals surface area (Å²) in [5.41, 5.74) is 9.25. The largest absolute Gasteiger partial charge is 0.398 e. The standard InChI is InChI=1S/C15H15ClN2O/c1-9-6-7-13(11(16)8-9)18-15(19)14-10(2)4-3-5-12(14)17/h3-8H,17H2,1-2H3,(H,18,19). The highest BCUT2D eigenvalue weighted by Crippen LogP contribution is 2.25. The van der Waals surface area contributed by atoms with Crippen LogP contribution in [-0.4, -0.2) is 5.91 Å². The van der Waals surface area contributed by atoms with E-state index in [-0.39, 0.29) is 5.91 Å². The van der Waals surface area contributed by atoms with Gasteiger partial charge < -0.3 is 11.1 Å². The molecular weight excluding hydrogens is 260 g/mol. The highest BCUT2D eigenvalue weighted by atomic mass is 35.5. The molecule has 2 aromatic rings. The Morgan fingerprint density at radius 2 is 1.95 bits per heavy atom. The number of carbonyl (C=O) groups excluding carboxylic acids is 1. The van der Waals surface area contributed by atoms with Gasteiger partial charge in [0.05, 0.1) is 16.3 Å². The Hall–Kier alpha value is -2.00. The van der Waals surface area contributed by atoms with Crippen LogP contribution < -0.4 is 11.1 Å². The molecule has 0 saturated carbocycles. The first-order valence-electron chi connectivity index (χ1n) is 5.91. The Bertz CT molecular complexity index is 618. The first kappa shape index (κ1) is 13.4. The van der Waals surface area contributed by atoms with Crippen LogP contribution in [0.4, 0.5) is 11.4 Å². The molecule has 4 heteroatoms. The van der Waals surface area contributed by atoms with Crippen molar-refractivity contribution in [3.05, 3.63) is 58.1 Å². The lowest BCUT2D eigenvalue weighted by Crippen LogP contribution is -2.15. The number of hydrogen-bond donors (Lipinski definition) is 2. The molecule has 0 radical (unpaired) electrons. The third kappa shape index (κ3) is 2.88. The van der Waals surface area contributed by atoms with Crippen molar-refractivity contribution in [2.75, 3.05) is 11.1 Å². The second kappa shape index (κ2) is 5.33. The molecule has 0 fully saturated rings. The van der Waals surface area contributed by atoms with E-state index in [2.05, 4.69) is 5.32 Å². The lowest BCUT2D eigenvalue weighted by molar-refractivity contribution is 0.102. The smallest absolute Gasteiger partial charge is 0.258 e. The molecule has 3 nitrogen and oxygen atoms in total. The summed E-state index contributed by atoms with van der Waals surface area (Å²) < 4.78 is 0. The topological polar surface area (TPSA) is 55.1 Å². The number of anilines is 2. The summed E-state index contributed by atoms with van der Waals surface area (Å²) in [6.07, 6.45) is 0. The third-order valence-electron chi connectivity index (χ3n) is 2.90. The molecule has 0 aliphatic heterocycles. The van der Waals surface area contributed by atoms with Gasteiger partial charge >= 0.3 is 0 Å². The third-order valence-corrected chi connectivity index (χ3v) is 3.22. The van der Waals surface area contributed by atoms with E-state index in [9.17, 15) is 4.79 Å². The van der Waals surface area contributed by atoms with Crippen molar-refractivity contribution < 1.29 is 4.79 Å². The fourth-order valence-electron chi connectivity index (χ4n) is 1.91. The number of halogens is 1. The van der Waals surface area contributed by atoms with E-state index in [0.717, 1.165) is 11.1 Å². The van der Waals surface area contributed by atoms with Gasteiger partial charge in [-0.25, -0.2) is 0 Å². The van der Waals surface area contributed by atoms with E-state index in [1.54, 1.807) is 18.2 Å². The summed E-state index contributed by atoms with van der Waals surface area (Å²) in [7, 11) is 0. The van der Waals surface area contributed by atoms with Crippen molar-refractivity contribution in [3.8, 4) is 0 Å². The molecule has 0 aliphatic rings. The van der Waals surface area contributed by atoms with Gasteiger partial charge in [-0.1, -0.05) is 29.8 Å². The van der Waals surface area contributed by atoms with Gasteiger partial charge in [-0.05, 0) is 43.2 Å². The number of rotatable bonds is 2. The molecule has 0 bridgehead atoms. The molecular formula is C15H15ClN2O. The van der Waals surface area contributed by atoms with Crippen molar-refractivity contribution in [1.82, 2.24) is 0 Å². The van der Waals surface area contributed by atoms with E-state index in [0.29, 0.717) is 22.0 Å². The summed E-state index contributed by atoms with van der Waals surface area (Å²) in [4.78, 5) is 12.2.